The smallest absolute Gasteiger partial charge is 0.155 e. The van der Waals surface area contributed by atoms with E-state index in [1.807, 2.05) is 49.6 Å². The number of aryl methyl sites for hydroxylation is 1. The van der Waals surface area contributed by atoms with Crippen LogP contribution >= 0.6 is 11.6 Å². The summed E-state index contributed by atoms with van der Waals surface area (Å²) in [5.74, 6) is 0. The van der Waals surface area contributed by atoms with Gasteiger partial charge in [0, 0.05) is 30.6 Å². The predicted octanol–water partition coefficient (Wildman–Crippen LogP) is 3.30. The summed E-state index contributed by atoms with van der Waals surface area (Å²) in [6.45, 7) is 2.61. The molecule has 3 aromatic rings. The van der Waals surface area contributed by atoms with Gasteiger partial charge in [0.15, 0.2) is 5.65 Å². The summed E-state index contributed by atoms with van der Waals surface area (Å²) < 4.78 is 1.79. The largest absolute Gasteiger partial charge is 0.380 e. The number of hydrogen-bond acceptors (Lipinski definition) is 3. The molecule has 0 saturated heterocycles. The van der Waals surface area contributed by atoms with Crippen molar-refractivity contribution in [2.75, 3.05) is 5.32 Å². The van der Waals surface area contributed by atoms with Crippen molar-refractivity contribution in [2.45, 2.75) is 13.5 Å². The van der Waals surface area contributed by atoms with Gasteiger partial charge < -0.3 is 5.32 Å². The second-order valence-electron chi connectivity index (χ2n) is 4.38. The summed E-state index contributed by atoms with van der Waals surface area (Å²) in [6.07, 6.45) is 3.82. The summed E-state index contributed by atoms with van der Waals surface area (Å²) in [5.41, 5.74) is 3.79. The highest BCUT2D eigenvalue weighted by Gasteiger charge is 2.02. The van der Waals surface area contributed by atoms with Gasteiger partial charge in [-0.2, -0.15) is 5.10 Å². The number of nitrogens with one attached hydrogen (secondary N) is 1. The molecule has 0 unspecified atom stereocenters. The molecule has 0 spiro atoms. The van der Waals surface area contributed by atoms with Gasteiger partial charge in [-0.25, -0.2) is 9.50 Å². The quantitative estimate of drug-likeness (QED) is 0.795. The zero-order valence-corrected chi connectivity index (χ0v) is 11.2. The lowest BCUT2D eigenvalue weighted by Crippen LogP contribution is -2.02. The predicted molar refractivity (Wildman–Crippen MR) is 76.5 cm³/mol. The Balaban J connectivity index is 1.80. The number of rotatable bonds is 3. The number of aromatic nitrogens is 3. The fourth-order valence-electron chi connectivity index (χ4n) is 1.93. The van der Waals surface area contributed by atoms with E-state index >= 15 is 0 Å². The number of para-hydroxylation sites is 1. The third kappa shape index (κ3) is 2.53. The molecule has 5 heteroatoms. The summed E-state index contributed by atoms with van der Waals surface area (Å²) in [5, 5.41) is 8.35. The number of fused-ring (bicyclic) bond motifs is 1. The van der Waals surface area contributed by atoms with Crippen molar-refractivity contribution < 1.29 is 0 Å². The fraction of sp³-hybridized carbons (Fsp3) is 0.143. The molecule has 2 heterocycles. The van der Waals surface area contributed by atoms with Crippen LogP contribution in [0.25, 0.3) is 5.65 Å². The molecule has 0 atom stereocenters. The van der Waals surface area contributed by atoms with Crippen molar-refractivity contribution in [3.63, 3.8) is 0 Å². The minimum atomic E-state index is 0.658. The lowest BCUT2D eigenvalue weighted by atomic mass is 10.3. The Hall–Kier alpha value is -2.07. The standard InChI is InChI=1S/C14H13ClN4/c1-10-6-14-17-8-11(9-19(14)18-10)7-16-13-5-3-2-4-12(13)15/h2-6,8-9,16H,7H2,1H3. The van der Waals surface area contributed by atoms with Gasteiger partial charge in [0.25, 0.3) is 0 Å². The molecule has 0 aliphatic carbocycles. The molecule has 0 bridgehead atoms. The van der Waals surface area contributed by atoms with E-state index in [0.717, 1.165) is 22.6 Å². The Morgan fingerprint density at radius 3 is 3.00 bits per heavy atom. The SMILES string of the molecule is Cc1cc2ncc(CNc3ccccc3Cl)cn2n1. The zero-order chi connectivity index (χ0) is 13.2. The topological polar surface area (TPSA) is 42.2 Å². The van der Waals surface area contributed by atoms with E-state index < -0.39 is 0 Å². The van der Waals surface area contributed by atoms with Crippen molar-refractivity contribution in [1.29, 1.82) is 0 Å². The molecule has 19 heavy (non-hydrogen) atoms. The summed E-state index contributed by atoms with van der Waals surface area (Å²) in [6, 6.07) is 9.62. The van der Waals surface area contributed by atoms with E-state index in [9.17, 15) is 0 Å². The van der Waals surface area contributed by atoms with Crippen LogP contribution in [0.15, 0.2) is 42.7 Å². The molecule has 3 rings (SSSR count). The van der Waals surface area contributed by atoms with Crippen LogP contribution in [0.1, 0.15) is 11.3 Å². The Morgan fingerprint density at radius 2 is 2.16 bits per heavy atom. The van der Waals surface area contributed by atoms with Gasteiger partial charge in [0.05, 0.1) is 16.4 Å². The van der Waals surface area contributed by atoms with Crippen LogP contribution < -0.4 is 5.32 Å². The van der Waals surface area contributed by atoms with E-state index in [-0.39, 0.29) is 0 Å². The Bertz CT molecular complexity index is 720. The Kier molecular flexibility index (Phi) is 3.09. The Morgan fingerprint density at radius 1 is 1.32 bits per heavy atom. The molecule has 0 amide bonds. The number of hydrogen-bond donors (Lipinski definition) is 1. The van der Waals surface area contributed by atoms with Crippen LogP contribution in [-0.4, -0.2) is 14.6 Å². The lowest BCUT2D eigenvalue weighted by molar-refractivity contribution is 0.895. The van der Waals surface area contributed by atoms with Crippen molar-refractivity contribution in [1.82, 2.24) is 14.6 Å². The fourth-order valence-corrected chi connectivity index (χ4v) is 2.13. The molecule has 1 aromatic carbocycles. The minimum Gasteiger partial charge on any atom is -0.380 e. The second-order valence-corrected chi connectivity index (χ2v) is 4.79. The van der Waals surface area contributed by atoms with Crippen LogP contribution in [0.2, 0.25) is 5.02 Å². The van der Waals surface area contributed by atoms with Crippen LogP contribution in [0.5, 0.6) is 0 Å². The van der Waals surface area contributed by atoms with Gasteiger partial charge in [0.1, 0.15) is 0 Å². The molecular formula is C14H13ClN4. The van der Waals surface area contributed by atoms with Crippen molar-refractivity contribution >= 4 is 22.9 Å². The summed E-state index contributed by atoms with van der Waals surface area (Å²) >= 11 is 6.09. The first-order valence-corrected chi connectivity index (χ1v) is 6.39. The average molecular weight is 273 g/mol. The highest BCUT2D eigenvalue weighted by atomic mass is 35.5. The van der Waals surface area contributed by atoms with E-state index in [4.69, 9.17) is 11.6 Å². The summed E-state index contributed by atoms with van der Waals surface area (Å²) in [4.78, 5) is 4.36. The third-order valence-corrected chi connectivity index (χ3v) is 3.18. The summed E-state index contributed by atoms with van der Waals surface area (Å²) in [7, 11) is 0. The van der Waals surface area contributed by atoms with Gasteiger partial charge in [-0.15, -0.1) is 0 Å². The maximum atomic E-state index is 6.09. The third-order valence-electron chi connectivity index (χ3n) is 2.85. The molecule has 0 fully saturated rings. The average Bonchev–Trinajstić information content (AvgIpc) is 2.77. The number of halogens is 1. The highest BCUT2D eigenvalue weighted by Crippen LogP contribution is 2.21. The van der Waals surface area contributed by atoms with Gasteiger partial charge in [-0.3, -0.25) is 0 Å². The molecular weight excluding hydrogens is 260 g/mol. The first-order chi connectivity index (χ1) is 9.22. The van der Waals surface area contributed by atoms with Gasteiger partial charge in [-0.1, -0.05) is 23.7 Å². The van der Waals surface area contributed by atoms with Crippen LogP contribution in [0, 0.1) is 6.92 Å². The minimum absolute atomic E-state index is 0.658. The van der Waals surface area contributed by atoms with Gasteiger partial charge in [0.2, 0.25) is 0 Å². The Labute approximate surface area is 116 Å². The first kappa shape index (κ1) is 12.0. The number of anilines is 1. The maximum absolute atomic E-state index is 6.09. The van der Waals surface area contributed by atoms with Crippen LogP contribution in [-0.2, 0) is 6.54 Å². The van der Waals surface area contributed by atoms with E-state index in [2.05, 4.69) is 15.4 Å². The van der Waals surface area contributed by atoms with Gasteiger partial charge in [-0.05, 0) is 19.1 Å². The van der Waals surface area contributed by atoms with Gasteiger partial charge >= 0.3 is 0 Å². The van der Waals surface area contributed by atoms with E-state index in [0.29, 0.717) is 11.6 Å². The van der Waals surface area contributed by atoms with Crippen molar-refractivity contribution in [3.8, 4) is 0 Å². The molecule has 2 aromatic heterocycles. The second kappa shape index (κ2) is 4.90. The molecule has 4 nitrogen and oxygen atoms in total. The van der Waals surface area contributed by atoms with Crippen LogP contribution in [0.4, 0.5) is 5.69 Å². The molecule has 1 N–H and O–H groups in total. The monoisotopic (exact) mass is 272 g/mol. The number of benzene rings is 1. The van der Waals surface area contributed by atoms with Crippen LogP contribution in [0.3, 0.4) is 0 Å². The molecule has 0 aliphatic rings. The zero-order valence-electron chi connectivity index (χ0n) is 10.5. The number of nitrogens with zero attached hydrogens (tertiary/aromatic N) is 3. The van der Waals surface area contributed by atoms with E-state index in [1.54, 1.807) is 4.52 Å². The highest BCUT2D eigenvalue weighted by molar-refractivity contribution is 6.33. The molecule has 0 radical (unpaired) electrons. The van der Waals surface area contributed by atoms with Crippen molar-refractivity contribution in [3.05, 3.63) is 59.0 Å². The maximum Gasteiger partial charge on any atom is 0.155 e. The normalized spacial score (nSPS) is 10.8. The molecule has 0 aliphatic heterocycles. The van der Waals surface area contributed by atoms with Crippen molar-refractivity contribution in [2.24, 2.45) is 0 Å². The first-order valence-electron chi connectivity index (χ1n) is 6.02. The van der Waals surface area contributed by atoms with E-state index in [1.165, 1.54) is 0 Å². The lowest BCUT2D eigenvalue weighted by Gasteiger charge is -2.08. The molecule has 96 valence electrons. The molecule has 0 saturated carbocycles.